The van der Waals surface area contributed by atoms with Gasteiger partial charge in [-0.1, -0.05) is 60.2 Å². The molecule has 1 N–H and O–H groups in total. The minimum atomic E-state index is -0.452. The van der Waals surface area contributed by atoms with E-state index in [1.165, 1.54) is 18.2 Å². The largest absolute Gasteiger partial charge is 0.342 e. The maximum atomic E-state index is 12.5. The fraction of sp³-hybridized carbons (Fsp3) is 0.0870. The van der Waals surface area contributed by atoms with E-state index >= 15 is 0 Å². The highest BCUT2D eigenvalue weighted by Crippen LogP contribution is 2.22. The SMILES string of the molecule is Cc1ccc([C@H](NC(=O)/C=C/c2ccc([N+](=O)[O-])cc2)c2ccccc2)cc1. The van der Waals surface area contributed by atoms with Crippen LogP contribution in [0.15, 0.2) is 84.9 Å². The molecule has 0 bridgehead atoms. The number of nitrogens with one attached hydrogen (secondary N) is 1. The summed E-state index contributed by atoms with van der Waals surface area (Å²) in [5.74, 6) is -0.243. The predicted octanol–water partition coefficient (Wildman–Crippen LogP) is 4.82. The Balaban J connectivity index is 1.77. The Bertz CT molecular complexity index is 979. The van der Waals surface area contributed by atoms with Crippen molar-refractivity contribution < 1.29 is 9.72 Å². The molecule has 0 radical (unpaired) electrons. The van der Waals surface area contributed by atoms with Crippen LogP contribution in [0.1, 0.15) is 28.3 Å². The van der Waals surface area contributed by atoms with Crippen LogP contribution >= 0.6 is 0 Å². The zero-order valence-corrected chi connectivity index (χ0v) is 15.4. The maximum absolute atomic E-state index is 12.5. The fourth-order valence-corrected chi connectivity index (χ4v) is 2.83. The highest BCUT2D eigenvalue weighted by molar-refractivity contribution is 5.92. The molecule has 5 nitrogen and oxygen atoms in total. The second kappa shape index (κ2) is 8.77. The number of hydrogen-bond donors (Lipinski definition) is 1. The number of nitro benzene ring substituents is 1. The first-order valence-electron chi connectivity index (χ1n) is 8.87. The van der Waals surface area contributed by atoms with Gasteiger partial charge >= 0.3 is 0 Å². The quantitative estimate of drug-likeness (QED) is 0.383. The molecule has 0 fully saturated rings. The van der Waals surface area contributed by atoms with Crippen molar-refractivity contribution in [3.63, 3.8) is 0 Å². The molecular weight excluding hydrogens is 352 g/mol. The average Bonchev–Trinajstić information content (AvgIpc) is 2.72. The van der Waals surface area contributed by atoms with Crippen molar-refractivity contribution in [3.05, 3.63) is 117 Å². The van der Waals surface area contributed by atoms with Gasteiger partial charge in [0, 0.05) is 18.2 Å². The molecule has 0 aliphatic carbocycles. The van der Waals surface area contributed by atoms with E-state index in [0.29, 0.717) is 5.56 Å². The number of amides is 1. The molecule has 0 aromatic heterocycles. The van der Waals surface area contributed by atoms with Crippen molar-refractivity contribution in [2.45, 2.75) is 13.0 Å². The lowest BCUT2D eigenvalue weighted by Crippen LogP contribution is -2.27. The molecule has 3 rings (SSSR count). The number of carbonyl (C=O) groups excluding carboxylic acids is 1. The average molecular weight is 372 g/mol. The third-order valence-electron chi connectivity index (χ3n) is 4.36. The molecule has 28 heavy (non-hydrogen) atoms. The summed E-state index contributed by atoms with van der Waals surface area (Å²) in [6.07, 6.45) is 3.07. The molecule has 0 aliphatic heterocycles. The smallest absolute Gasteiger partial charge is 0.269 e. The van der Waals surface area contributed by atoms with Crippen LogP contribution in [0.4, 0.5) is 5.69 Å². The predicted molar refractivity (Wildman–Crippen MR) is 110 cm³/mol. The fourth-order valence-electron chi connectivity index (χ4n) is 2.83. The van der Waals surface area contributed by atoms with E-state index < -0.39 is 4.92 Å². The number of nitrogens with zero attached hydrogens (tertiary/aromatic N) is 1. The van der Waals surface area contributed by atoms with Crippen LogP contribution in [-0.2, 0) is 4.79 Å². The van der Waals surface area contributed by atoms with Gasteiger partial charge in [-0.3, -0.25) is 14.9 Å². The molecule has 1 atom stereocenters. The normalized spacial score (nSPS) is 11.9. The standard InChI is InChI=1S/C23H20N2O3/c1-17-7-12-20(13-8-17)23(19-5-3-2-4-6-19)24-22(26)16-11-18-9-14-21(15-10-18)25(27)28/h2-16,23H,1H3,(H,24,26)/b16-11+/t23-/m1/s1. The minimum Gasteiger partial charge on any atom is -0.342 e. The monoisotopic (exact) mass is 372 g/mol. The van der Waals surface area contributed by atoms with Crippen molar-refractivity contribution in [2.24, 2.45) is 0 Å². The summed E-state index contributed by atoms with van der Waals surface area (Å²) in [5.41, 5.74) is 3.87. The van der Waals surface area contributed by atoms with Gasteiger partial charge in [0.25, 0.3) is 5.69 Å². The molecule has 0 unspecified atom stereocenters. The van der Waals surface area contributed by atoms with Gasteiger partial charge < -0.3 is 5.32 Å². The van der Waals surface area contributed by atoms with Gasteiger partial charge in [-0.25, -0.2) is 0 Å². The molecule has 0 spiro atoms. The van der Waals surface area contributed by atoms with Gasteiger partial charge in [0.1, 0.15) is 0 Å². The van der Waals surface area contributed by atoms with Crippen LogP contribution in [-0.4, -0.2) is 10.8 Å². The Morgan fingerprint density at radius 2 is 1.54 bits per heavy atom. The van der Waals surface area contributed by atoms with Gasteiger partial charge in [0.05, 0.1) is 11.0 Å². The van der Waals surface area contributed by atoms with E-state index in [1.54, 1.807) is 18.2 Å². The van der Waals surface area contributed by atoms with Crippen LogP contribution in [0, 0.1) is 17.0 Å². The Morgan fingerprint density at radius 1 is 0.929 bits per heavy atom. The summed E-state index contributed by atoms with van der Waals surface area (Å²) in [5, 5.41) is 13.7. The third-order valence-corrected chi connectivity index (χ3v) is 4.36. The van der Waals surface area contributed by atoms with Crippen molar-refractivity contribution in [1.29, 1.82) is 0 Å². The molecule has 1 amide bonds. The van der Waals surface area contributed by atoms with Crippen molar-refractivity contribution in [1.82, 2.24) is 5.32 Å². The highest BCUT2D eigenvalue weighted by atomic mass is 16.6. The number of rotatable bonds is 6. The van der Waals surface area contributed by atoms with Crippen molar-refractivity contribution in [2.75, 3.05) is 0 Å². The number of benzene rings is 3. The Morgan fingerprint density at radius 3 is 2.14 bits per heavy atom. The van der Waals surface area contributed by atoms with Crippen LogP contribution in [0.2, 0.25) is 0 Å². The molecule has 0 aliphatic rings. The second-order valence-electron chi connectivity index (χ2n) is 6.44. The molecule has 0 heterocycles. The topological polar surface area (TPSA) is 72.2 Å². The Labute approximate surface area is 163 Å². The molecule has 0 saturated carbocycles. The van der Waals surface area contributed by atoms with Gasteiger partial charge in [0.2, 0.25) is 5.91 Å². The molecule has 0 saturated heterocycles. The molecule has 140 valence electrons. The number of hydrogen-bond acceptors (Lipinski definition) is 3. The van der Waals surface area contributed by atoms with Crippen molar-refractivity contribution in [3.8, 4) is 0 Å². The Kier molecular flexibility index (Phi) is 5.97. The number of carbonyl (C=O) groups is 1. The Hall–Kier alpha value is -3.73. The maximum Gasteiger partial charge on any atom is 0.269 e. The first kappa shape index (κ1) is 19.0. The van der Waals surface area contributed by atoms with Crippen LogP contribution in [0.3, 0.4) is 0 Å². The van der Waals surface area contributed by atoms with Gasteiger partial charge in [-0.2, -0.15) is 0 Å². The minimum absolute atomic E-state index is 0.0186. The lowest BCUT2D eigenvalue weighted by Gasteiger charge is -2.19. The van der Waals surface area contributed by atoms with Gasteiger partial charge in [-0.15, -0.1) is 0 Å². The number of nitro groups is 1. The molecule has 3 aromatic carbocycles. The van der Waals surface area contributed by atoms with E-state index in [4.69, 9.17) is 0 Å². The van der Waals surface area contributed by atoms with E-state index in [9.17, 15) is 14.9 Å². The zero-order chi connectivity index (χ0) is 19.9. The van der Waals surface area contributed by atoms with Crippen LogP contribution in [0.5, 0.6) is 0 Å². The summed E-state index contributed by atoms with van der Waals surface area (Å²) in [6, 6.07) is 23.6. The summed E-state index contributed by atoms with van der Waals surface area (Å²) in [7, 11) is 0. The van der Waals surface area contributed by atoms with Gasteiger partial charge in [0.15, 0.2) is 0 Å². The third kappa shape index (κ3) is 4.92. The summed E-state index contributed by atoms with van der Waals surface area (Å²) < 4.78 is 0. The van der Waals surface area contributed by atoms with E-state index in [2.05, 4.69) is 5.32 Å². The summed E-state index contributed by atoms with van der Waals surface area (Å²) in [4.78, 5) is 22.8. The van der Waals surface area contributed by atoms with E-state index in [0.717, 1.165) is 16.7 Å². The lowest BCUT2D eigenvalue weighted by atomic mass is 9.98. The second-order valence-corrected chi connectivity index (χ2v) is 6.44. The molecule has 3 aromatic rings. The van der Waals surface area contributed by atoms with E-state index in [1.807, 2.05) is 61.5 Å². The van der Waals surface area contributed by atoms with Crippen molar-refractivity contribution >= 4 is 17.7 Å². The molecular formula is C23H20N2O3. The summed E-state index contributed by atoms with van der Waals surface area (Å²) >= 11 is 0. The van der Waals surface area contributed by atoms with E-state index in [-0.39, 0.29) is 17.6 Å². The van der Waals surface area contributed by atoms with Crippen LogP contribution < -0.4 is 5.32 Å². The summed E-state index contributed by atoms with van der Waals surface area (Å²) in [6.45, 7) is 2.02. The van der Waals surface area contributed by atoms with Crippen LogP contribution in [0.25, 0.3) is 6.08 Å². The lowest BCUT2D eigenvalue weighted by molar-refractivity contribution is -0.384. The first-order valence-corrected chi connectivity index (χ1v) is 8.87. The van der Waals surface area contributed by atoms with Gasteiger partial charge in [-0.05, 0) is 41.8 Å². The number of aryl methyl sites for hydroxylation is 1. The zero-order valence-electron chi connectivity index (χ0n) is 15.4. The molecule has 5 heteroatoms. The highest BCUT2D eigenvalue weighted by Gasteiger charge is 2.15. The number of non-ortho nitro benzene ring substituents is 1. The first-order chi connectivity index (χ1) is 13.5.